The number of carbonyl (C=O) groups excluding carboxylic acids is 1. The van der Waals surface area contributed by atoms with Gasteiger partial charge in [0, 0.05) is 0 Å². The zero-order valence-electron chi connectivity index (χ0n) is 8.93. The first-order valence-electron chi connectivity index (χ1n) is 5.27. The molecule has 0 aromatic rings. The molecule has 0 amide bonds. The minimum Gasteiger partial charge on any atom is -0.466 e. The molecule has 1 aliphatic rings. The molecule has 1 rings (SSSR count). The lowest BCUT2D eigenvalue weighted by Crippen LogP contribution is -2.30. The van der Waals surface area contributed by atoms with Crippen LogP contribution >= 0.6 is 0 Å². The van der Waals surface area contributed by atoms with Crippen LogP contribution < -0.4 is 0 Å². The maximum absolute atomic E-state index is 11.5. The van der Waals surface area contributed by atoms with Gasteiger partial charge in [0.25, 0.3) is 0 Å². The van der Waals surface area contributed by atoms with Crippen LogP contribution in [0.15, 0.2) is 0 Å². The Kier molecular flexibility index (Phi) is 3.34. The monoisotopic (exact) mass is 184 g/mol. The van der Waals surface area contributed by atoms with Gasteiger partial charge >= 0.3 is 5.97 Å². The van der Waals surface area contributed by atoms with E-state index in [9.17, 15) is 4.79 Å². The molecule has 0 spiro atoms. The molecule has 2 heteroatoms. The minimum absolute atomic E-state index is 0.0214. The summed E-state index contributed by atoms with van der Waals surface area (Å²) in [6, 6.07) is 0. The molecule has 0 saturated heterocycles. The van der Waals surface area contributed by atoms with Crippen molar-refractivity contribution in [1.82, 2.24) is 0 Å². The summed E-state index contributed by atoms with van der Waals surface area (Å²) in [5, 5.41) is 0. The number of carbonyl (C=O) groups is 1. The number of hydrogen-bond donors (Lipinski definition) is 0. The molecule has 0 bridgehead atoms. The molecule has 0 radical (unpaired) electrons. The first-order chi connectivity index (χ1) is 6.10. The minimum atomic E-state index is -0.0214. The Morgan fingerprint density at radius 1 is 1.46 bits per heavy atom. The average Bonchev–Trinajstić information content (AvgIpc) is 2.52. The van der Waals surface area contributed by atoms with Crippen LogP contribution in [0.25, 0.3) is 0 Å². The van der Waals surface area contributed by atoms with Crippen LogP contribution in [-0.4, -0.2) is 12.6 Å². The molecule has 76 valence electrons. The Balaban J connectivity index is 2.54. The molecule has 13 heavy (non-hydrogen) atoms. The number of esters is 1. The molecule has 1 fully saturated rings. The summed E-state index contributed by atoms with van der Waals surface area (Å²) in [5.41, 5.74) is 0.201. The lowest BCUT2D eigenvalue weighted by molar-refractivity contribution is -0.151. The highest BCUT2D eigenvalue weighted by Gasteiger charge is 2.38. The smallest absolute Gasteiger partial charge is 0.309 e. The van der Waals surface area contributed by atoms with Gasteiger partial charge in [-0.1, -0.05) is 26.7 Å². The molecule has 1 atom stereocenters. The molecule has 1 saturated carbocycles. The summed E-state index contributed by atoms with van der Waals surface area (Å²) in [6.07, 6.45) is 4.88. The predicted molar refractivity (Wildman–Crippen MR) is 52.4 cm³/mol. The summed E-state index contributed by atoms with van der Waals surface area (Å²) in [7, 11) is 0. The second kappa shape index (κ2) is 4.12. The Hall–Kier alpha value is -0.530. The van der Waals surface area contributed by atoms with Crippen molar-refractivity contribution in [1.29, 1.82) is 0 Å². The van der Waals surface area contributed by atoms with Gasteiger partial charge < -0.3 is 4.74 Å². The van der Waals surface area contributed by atoms with E-state index in [1.807, 2.05) is 13.8 Å². The van der Waals surface area contributed by atoms with Gasteiger partial charge in [-0.2, -0.15) is 0 Å². The van der Waals surface area contributed by atoms with Crippen molar-refractivity contribution >= 4 is 5.97 Å². The SMILES string of the molecule is CCOC(=O)[C@@H](C)C1(C)CCCC1. The first kappa shape index (κ1) is 10.6. The maximum atomic E-state index is 11.5. The van der Waals surface area contributed by atoms with E-state index in [0.717, 1.165) is 0 Å². The van der Waals surface area contributed by atoms with Crippen molar-refractivity contribution in [2.75, 3.05) is 6.61 Å². The van der Waals surface area contributed by atoms with Gasteiger partial charge in [-0.25, -0.2) is 0 Å². The fraction of sp³-hybridized carbons (Fsp3) is 0.909. The van der Waals surface area contributed by atoms with Gasteiger partial charge in [0.1, 0.15) is 0 Å². The van der Waals surface area contributed by atoms with Gasteiger partial charge in [-0.15, -0.1) is 0 Å². The molecule has 0 aliphatic heterocycles. The third-order valence-electron chi connectivity index (χ3n) is 3.43. The molecular formula is C11H20O2. The Labute approximate surface area is 80.7 Å². The average molecular weight is 184 g/mol. The highest BCUT2D eigenvalue weighted by atomic mass is 16.5. The molecule has 0 heterocycles. The van der Waals surface area contributed by atoms with E-state index in [0.29, 0.717) is 6.61 Å². The summed E-state index contributed by atoms with van der Waals surface area (Å²) < 4.78 is 5.04. The summed E-state index contributed by atoms with van der Waals surface area (Å²) in [4.78, 5) is 11.5. The van der Waals surface area contributed by atoms with E-state index in [4.69, 9.17) is 4.74 Å². The van der Waals surface area contributed by atoms with E-state index in [1.54, 1.807) is 0 Å². The van der Waals surface area contributed by atoms with Gasteiger partial charge in [-0.05, 0) is 25.2 Å². The highest BCUT2D eigenvalue weighted by Crippen LogP contribution is 2.44. The number of ether oxygens (including phenoxy) is 1. The molecule has 0 aromatic heterocycles. The lowest BCUT2D eigenvalue weighted by atomic mass is 9.77. The number of rotatable bonds is 3. The third kappa shape index (κ3) is 2.23. The van der Waals surface area contributed by atoms with Crippen LogP contribution in [0.4, 0.5) is 0 Å². The second-order valence-electron chi connectivity index (χ2n) is 4.33. The van der Waals surface area contributed by atoms with E-state index in [1.165, 1.54) is 25.7 Å². The standard InChI is InChI=1S/C11H20O2/c1-4-13-10(12)9(2)11(3)7-5-6-8-11/h9H,4-8H2,1-3H3/t9-/m1/s1. The topological polar surface area (TPSA) is 26.3 Å². The third-order valence-corrected chi connectivity index (χ3v) is 3.43. The molecule has 2 nitrogen and oxygen atoms in total. The van der Waals surface area contributed by atoms with Crippen molar-refractivity contribution in [3.05, 3.63) is 0 Å². The summed E-state index contributed by atoms with van der Waals surface area (Å²) in [5.74, 6) is 0.0434. The zero-order chi connectivity index (χ0) is 9.90. The second-order valence-corrected chi connectivity index (χ2v) is 4.33. The van der Waals surface area contributed by atoms with Gasteiger partial charge in [-0.3, -0.25) is 4.79 Å². The van der Waals surface area contributed by atoms with Gasteiger partial charge in [0.15, 0.2) is 0 Å². The summed E-state index contributed by atoms with van der Waals surface area (Å²) >= 11 is 0. The van der Waals surface area contributed by atoms with Gasteiger partial charge in [0.2, 0.25) is 0 Å². The van der Waals surface area contributed by atoms with E-state index >= 15 is 0 Å². The number of hydrogen-bond acceptors (Lipinski definition) is 2. The highest BCUT2D eigenvalue weighted by molar-refractivity contribution is 5.73. The maximum Gasteiger partial charge on any atom is 0.309 e. The molecule has 1 aliphatic carbocycles. The molecule has 0 aromatic carbocycles. The first-order valence-corrected chi connectivity index (χ1v) is 5.27. The summed E-state index contributed by atoms with van der Waals surface area (Å²) in [6.45, 7) is 6.58. The normalized spacial score (nSPS) is 22.7. The largest absolute Gasteiger partial charge is 0.466 e. The van der Waals surface area contributed by atoms with Crippen molar-refractivity contribution in [2.45, 2.75) is 46.5 Å². The van der Waals surface area contributed by atoms with Crippen LogP contribution in [0, 0.1) is 11.3 Å². The molecule has 0 N–H and O–H groups in total. The molecular weight excluding hydrogens is 164 g/mol. The predicted octanol–water partition coefficient (Wildman–Crippen LogP) is 2.77. The van der Waals surface area contributed by atoms with Crippen LogP contribution in [0.3, 0.4) is 0 Å². The Morgan fingerprint density at radius 3 is 2.46 bits per heavy atom. The van der Waals surface area contributed by atoms with Crippen LogP contribution in [0.5, 0.6) is 0 Å². The molecule has 0 unspecified atom stereocenters. The fourth-order valence-electron chi connectivity index (χ4n) is 2.17. The Bertz CT molecular complexity index is 181. The van der Waals surface area contributed by atoms with Crippen LogP contribution in [0.2, 0.25) is 0 Å². The zero-order valence-corrected chi connectivity index (χ0v) is 8.93. The van der Waals surface area contributed by atoms with Crippen molar-refractivity contribution in [2.24, 2.45) is 11.3 Å². The quantitative estimate of drug-likeness (QED) is 0.630. The van der Waals surface area contributed by atoms with Crippen molar-refractivity contribution in [3.8, 4) is 0 Å². The van der Waals surface area contributed by atoms with E-state index < -0.39 is 0 Å². The van der Waals surface area contributed by atoms with Crippen molar-refractivity contribution in [3.63, 3.8) is 0 Å². The van der Waals surface area contributed by atoms with Crippen molar-refractivity contribution < 1.29 is 9.53 Å². The van der Waals surface area contributed by atoms with Crippen LogP contribution in [0.1, 0.15) is 46.5 Å². The Morgan fingerprint density at radius 2 is 2.00 bits per heavy atom. The van der Waals surface area contributed by atoms with E-state index in [-0.39, 0.29) is 17.3 Å². The lowest BCUT2D eigenvalue weighted by Gasteiger charge is -2.29. The fourth-order valence-corrected chi connectivity index (χ4v) is 2.17. The van der Waals surface area contributed by atoms with Crippen LogP contribution in [-0.2, 0) is 9.53 Å². The van der Waals surface area contributed by atoms with E-state index in [2.05, 4.69) is 6.92 Å². The van der Waals surface area contributed by atoms with Gasteiger partial charge in [0.05, 0.1) is 12.5 Å².